The predicted octanol–water partition coefficient (Wildman–Crippen LogP) is 4.10. The van der Waals surface area contributed by atoms with E-state index in [1.165, 1.54) is 5.56 Å². The van der Waals surface area contributed by atoms with Gasteiger partial charge in [0.2, 0.25) is 0 Å². The molecule has 0 spiro atoms. The van der Waals surface area contributed by atoms with Gasteiger partial charge in [-0.2, -0.15) is 0 Å². The van der Waals surface area contributed by atoms with Gasteiger partial charge >= 0.3 is 0 Å². The number of anilines is 1. The van der Waals surface area contributed by atoms with E-state index in [4.69, 9.17) is 18.9 Å². The van der Waals surface area contributed by atoms with Crippen LogP contribution in [0.3, 0.4) is 0 Å². The topological polar surface area (TPSA) is 73.3 Å². The van der Waals surface area contributed by atoms with Crippen LogP contribution >= 0.6 is 24.0 Å². The highest BCUT2D eigenvalue weighted by atomic mass is 127. The third kappa shape index (κ3) is 6.58. The molecule has 7 nitrogen and oxygen atoms in total. The summed E-state index contributed by atoms with van der Waals surface area (Å²) in [6.07, 6.45) is 2.77. The van der Waals surface area contributed by atoms with Gasteiger partial charge in [0.1, 0.15) is 0 Å². The molecule has 0 radical (unpaired) electrons. The molecule has 1 aliphatic heterocycles. The number of hydrogen-bond donors (Lipinski definition) is 2. The molecule has 1 heterocycles. The highest BCUT2D eigenvalue weighted by molar-refractivity contribution is 14.0. The van der Waals surface area contributed by atoms with Crippen LogP contribution in [0.5, 0.6) is 23.0 Å². The Labute approximate surface area is 195 Å². The molecule has 0 aliphatic carbocycles. The van der Waals surface area contributed by atoms with E-state index in [-0.39, 0.29) is 24.0 Å². The summed E-state index contributed by atoms with van der Waals surface area (Å²) >= 11 is 0. The third-order valence-electron chi connectivity index (χ3n) is 4.62. The van der Waals surface area contributed by atoms with E-state index in [1.807, 2.05) is 30.3 Å². The van der Waals surface area contributed by atoms with Gasteiger partial charge in [0, 0.05) is 31.8 Å². The fourth-order valence-electron chi connectivity index (χ4n) is 3.09. The second-order valence-corrected chi connectivity index (χ2v) is 6.63. The minimum Gasteiger partial charge on any atom is -0.493 e. The molecule has 30 heavy (non-hydrogen) atoms. The van der Waals surface area contributed by atoms with E-state index in [2.05, 4.69) is 21.7 Å². The van der Waals surface area contributed by atoms with Crippen molar-refractivity contribution in [2.24, 2.45) is 4.99 Å². The highest BCUT2D eigenvalue weighted by Gasteiger charge is 2.11. The summed E-state index contributed by atoms with van der Waals surface area (Å²) in [5.41, 5.74) is 2.11. The maximum absolute atomic E-state index is 5.74. The molecule has 0 fully saturated rings. The summed E-state index contributed by atoms with van der Waals surface area (Å²) in [7, 11) is 5.05. The average molecular weight is 527 g/mol. The number of aryl methyl sites for hydroxylation is 1. The molecule has 2 aromatic carbocycles. The normalized spacial score (nSPS) is 13.0. The van der Waals surface area contributed by atoms with Crippen LogP contribution in [0.1, 0.15) is 18.4 Å². The van der Waals surface area contributed by atoms with Gasteiger partial charge in [-0.3, -0.25) is 4.99 Å². The predicted molar refractivity (Wildman–Crippen MR) is 130 cm³/mol. The molecule has 0 saturated carbocycles. The lowest BCUT2D eigenvalue weighted by Gasteiger charge is -2.14. The maximum Gasteiger partial charge on any atom is 0.195 e. The van der Waals surface area contributed by atoms with Crippen molar-refractivity contribution >= 4 is 35.6 Å². The first-order valence-corrected chi connectivity index (χ1v) is 9.81. The van der Waals surface area contributed by atoms with Crippen molar-refractivity contribution in [3.63, 3.8) is 0 Å². The van der Waals surface area contributed by atoms with Crippen molar-refractivity contribution in [3.8, 4) is 23.0 Å². The van der Waals surface area contributed by atoms with Crippen LogP contribution in [0.15, 0.2) is 41.4 Å². The molecular formula is C22H30IN3O4. The Balaban J connectivity index is 0.00000320. The van der Waals surface area contributed by atoms with Crippen molar-refractivity contribution < 1.29 is 18.9 Å². The minimum atomic E-state index is 0. The summed E-state index contributed by atoms with van der Waals surface area (Å²) in [6.45, 7) is 2.14. The molecule has 3 rings (SSSR count). The van der Waals surface area contributed by atoms with Gasteiger partial charge in [0.05, 0.1) is 27.4 Å². The maximum atomic E-state index is 5.74. The Kier molecular flexibility index (Phi) is 9.85. The number of benzene rings is 2. The van der Waals surface area contributed by atoms with E-state index in [9.17, 15) is 0 Å². The first-order chi connectivity index (χ1) is 14.2. The van der Waals surface area contributed by atoms with Crippen molar-refractivity contribution in [2.75, 3.05) is 46.3 Å². The third-order valence-corrected chi connectivity index (χ3v) is 4.62. The molecule has 2 N–H and O–H groups in total. The molecule has 0 amide bonds. The van der Waals surface area contributed by atoms with Crippen LogP contribution in [0.25, 0.3) is 0 Å². The summed E-state index contributed by atoms with van der Waals surface area (Å²) in [6, 6.07) is 11.8. The van der Waals surface area contributed by atoms with Crippen LogP contribution in [-0.4, -0.2) is 47.0 Å². The first kappa shape index (κ1) is 23.9. The molecule has 0 saturated heterocycles. The van der Waals surface area contributed by atoms with Gasteiger partial charge in [-0.15, -0.1) is 24.0 Å². The van der Waals surface area contributed by atoms with Gasteiger partial charge < -0.3 is 29.6 Å². The summed E-state index contributed by atoms with van der Waals surface area (Å²) in [4.78, 5) is 4.29. The smallest absolute Gasteiger partial charge is 0.195 e. The molecule has 0 bridgehead atoms. The van der Waals surface area contributed by atoms with Gasteiger partial charge in [-0.05, 0) is 42.7 Å². The lowest BCUT2D eigenvalue weighted by Crippen LogP contribution is -2.31. The standard InChI is InChI=1S/C22H29N3O4.HI/c1-23-22(25-17-8-10-19-21(15-17)29-13-5-12-28-19)24-11-4-6-16-7-9-18(26-2)20(14-16)27-3;/h7-10,14-15H,4-6,11-13H2,1-3H3,(H2,23,24,25);1H. The molecule has 164 valence electrons. The zero-order valence-corrected chi connectivity index (χ0v) is 20.0. The lowest BCUT2D eigenvalue weighted by atomic mass is 10.1. The number of hydrogen-bond acceptors (Lipinski definition) is 5. The van der Waals surface area contributed by atoms with Crippen LogP contribution < -0.4 is 29.6 Å². The highest BCUT2D eigenvalue weighted by Crippen LogP contribution is 2.32. The van der Waals surface area contributed by atoms with Crippen LogP contribution in [0, 0.1) is 0 Å². The van der Waals surface area contributed by atoms with Gasteiger partial charge in [-0.1, -0.05) is 6.07 Å². The minimum absolute atomic E-state index is 0. The second-order valence-electron chi connectivity index (χ2n) is 6.63. The Hall–Kier alpha value is -2.36. The van der Waals surface area contributed by atoms with E-state index in [1.54, 1.807) is 21.3 Å². The van der Waals surface area contributed by atoms with Crippen LogP contribution in [0.2, 0.25) is 0 Å². The van der Waals surface area contributed by atoms with Gasteiger partial charge in [0.25, 0.3) is 0 Å². The summed E-state index contributed by atoms with van der Waals surface area (Å²) in [5.74, 6) is 3.76. The molecule has 1 aliphatic rings. The largest absolute Gasteiger partial charge is 0.493 e. The molecule has 0 atom stereocenters. The zero-order chi connectivity index (χ0) is 20.5. The number of guanidine groups is 1. The first-order valence-electron chi connectivity index (χ1n) is 9.81. The molecule has 8 heteroatoms. The van der Waals surface area contributed by atoms with E-state index in [0.29, 0.717) is 19.2 Å². The fraction of sp³-hybridized carbons (Fsp3) is 0.409. The zero-order valence-electron chi connectivity index (χ0n) is 17.7. The number of nitrogens with one attached hydrogen (secondary N) is 2. The SMILES string of the molecule is CN=C(NCCCc1ccc(OC)c(OC)c1)Nc1ccc2c(c1)OCCCO2.I. The Morgan fingerprint density at radius 3 is 2.50 bits per heavy atom. The lowest BCUT2D eigenvalue weighted by molar-refractivity contribution is 0.297. The quantitative estimate of drug-likeness (QED) is 0.245. The van der Waals surface area contributed by atoms with Crippen LogP contribution in [-0.2, 0) is 6.42 Å². The number of aliphatic imine (C=N–C) groups is 1. The van der Waals surface area contributed by atoms with Crippen molar-refractivity contribution in [2.45, 2.75) is 19.3 Å². The summed E-state index contributed by atoms with van der Waals surface area (Å²) in [5, 5.41) is 6.64. The van der Waals surface area contributed by atoms with Gasteiger partial charge in [-0.25, -0.2) is 0 Å². The second kappa shape index (κ2) is 12.4. The molecular weight excluding hydrogens is 497 g/mol. The van der Waals surface area contributed by atoms with E-state index in [0.717, 1.165) is 54.5 Å². The fourth-order valence-corrected chi connectivity index (χ4v) is 3.09. The number of halogens is 1. The van der Waals surface area contributed by atoms with Gasteiger partial charge in [0.15, 0.2) is 29.0 Å². The van der Waals surface area contributed by atoms with Crippen LogP contribution in [0.4, 0.5) is 5.69 Å². The number of methoxy groups -OCH3 is 2. The Morgan fingerprint density at radius 2 is 1.77 bits per heavy atom. The van der Waals surface area contributed by atoms with Crippen molar-refractivity contribution in [1.82, 2.24) is 5.32 Å². The molecule has 2 aromatic rings. The average Bonchev–Trinajstić information content (AvgIpc) is 3.00. The number of fused-ring (bicyclic) bond motifs is 1. The molecule has 0 aromatic heterocycles. The van der Waals surface area contributed by atoms with E-state index >= 15 is 0 Å². The van der Waals surface area contributed by atoms with Crippen molar-refractivity contribution in [3.05, 3.63) is 42.0 Å². The number of nitrogens with zero attached hydrogens (tertiary/aromatic N) is 1. The van der Waals surface area contributed by atoms with E-state index < -0.39 is 0 Å². The monoisotopic (exact) mass is 527 g/mol. The number of rotatable bonds is 7. The number of ether oxygens (including phenoxy) is 4. The Morgan fingerprint density at radius 1 is 1.00 bits per heavy atom. The summed E-state index contributed by atoms with van der Waals surface area (Å²) < 4.78 is 22.1. The Bertz CT molecular complexity index is 845. The molecule has 0 unspecified atom stereocenters. The van der Waals surface area contributed by atoms with Crippen molar-refractivity contribution in [1.29, 1.82) is 0 Å².